The molecule has 2 rings (SSSR count). The van der Waals surface area contributed by atoms with Crippen LogP contribution < -0.4 is 5.73 Å². The quantitative estimate of drug-likeness (QED) is 0.904. The molecule has 2 N–H and O–H groups in total. The Labute approximate surface area is 125 Å². The Morgan fingerprint density at radius 3 is 2.71 bits per heavy atom. The van der Waals surface area contributed by atoms with Gasteiger partial charge >= 0.3 is 0 Å². The van der Waals surface area contributed by atoms with Crippen LogP contribution in [0.5, 0.6) is 0 Å². The first-order chi connectivity index (χ1) is 10.1. The number of nitrogens with zero attached hydrogens (tertiary/aromatic N) is 2. The molecule has 1 fully saturated rings. The zero-order valence-electron chi connectivity index (χ0n) is 12.5. The first kappa shape index (κ1) is 15.5. The van der Waals surface area contributed by atoms with Gasteiger partial charge in [0, 0.05) is 32.6 Å². The van der Waals surface area contributed by atoms with Crippen LogP contribution >= 0.6 is 0 Å². The van der Waals surface area contributed by atoms with Gasteiger partial charge in [0.15, 0.2) is 0 Å². The van der Waals surface area contributed by atoms with Gasteiger partial charge in [-0.1, -0.05) is 30.3 Å². The monoisotopic (exact) mass is 289 g/mol. The van der Waals surface area contributed by atoms with E-state index in [4.69, 9.17) is 5.73 Å². The second-order valence-corrected chi connectivity index (χ2v) is 5.54. The molecule has 1 aliphatic heterocycles. The van der Waals surface area contributed by atoms with Crippen molar-refractivity contribution in [3.05, 3.63) is 35.9 Å². The Kier molecular flexibility index (Phi) is 5.33. The highest BCUT2D eigenvalue weighted by atomic mass is 16.2. The summed E-state index contributed by atoms with van der Waals surface area (Å²) in [5, 5.41) is 0. The Balaban J connectivity index is 1.85. The highest BCUT2D eigenvalue weighted by Gasteiger charge is 2.22. The Hall–Kier alpha value is -1.88. The molecule has 1 saturated heterocycles. The van der Waals surface area contributed by atoms with E-state index in [9.17, 15) is 9.59 Å². The summed E-state index contributed by atoms with van der Waals surface area (Å²) >= 11 is 0. The smallest absolute Gasteiger partial charge is 0.241 e. The molecule has 1 atom stereocenters. The van der Waals surface area contributed by atoms with Crippen molar-refractivity contribution < 1.29 is 9.59 Å². The zero-order valence-corrected chi connectivity index (χ0v) is 12.5. The number of carbonyl (C=O) groups excluding carboxylic acids is 2. The first-order valence-electron chi connectivity index (χ1n) is 7.40. The molecule has 114 valence electrons. The molecular formula is C16H23N3O2. The van der Waals surface area contributed by atoms with E-state index < -0.39 is 0 Å². The molecule has 5 nitrogen and oxygen atoms in total. The van der Waals surface area contributed by atoms with Crippen LogP contribution in [0, 0.1) is 0 Å². The molecule has 1 heterocycles. The Bertz CT molecular complexity index is 490. The minimum absolute atomic E-state index is 0.00760. The number of carbonyl (C=O) groups is 2. The fourth-order valence-corrected chi connectivity index (χ4v) is 2.50. The number of hydrogen-bond acceptors (Lipinski definition) is 3. The van der Waals surface area contributed by atoms with Crippen LogP contribution in [0.25, 0.3) is 0 Å². The fourth-order valence-electron chi connectivity index (χ4n) is 2.50. The van der Waals surface area contributed by atoms with Gasteiger partial charge in [-0.2, -0.15) is 0 Å². The standard InChI is InChI=1S/C16H23N3O2/c1-18-10-5-11-19(12-16(18)21)15(20)9-8-14(17)13-6-3-2-4-7-13/h2-4,6-7,14H,5,8-12,17H2,1H3. The summed E-state index contributed by atoms with van der Waals surface area (Å²) in [6.07, 6.45) is 1.81. The summed E-state index contributed by atoms with van der Waals surface area (Å²) in [7, 11) is 1.78. The molecule has 0 aromatic heterocycles. The Morgan fingerprint density at radius 2 is 2.00 bits per heavy atom. The van der Waals surface area contributed by atoms with E-state index in [1.54, 1.807) is 16.8 Å². The van der Waals surface area contributed by atoms with Crippen molar-refractivity contribution in [2.75, 3.05) is 26.7 Å². The molecule has 0 radical (unpaired) electrons. The second-order valence-electron chi connectivity index (χ2n) is 5.54. The largest absolute Gasteiger partial charge is 0.344 e. The Morgan fingerprint density at radius 1 is 1.29 bits per heavy atom. The summed E-state index contributed by atoms with van der Waals surface area (Å²) in [5.41, 5.74) is 7.15. The van der Waals surface area contributed by atoms with Gasteiger partial charge in [-0.25, -0.2) is 0 Å². The maximum absolute atomic E-state index is 12.2. The average Bonchev–Trinajstić information content (AvgIpc) is 2.67. The van der Waals surface area contributed by atoms with Crippen LogP contribution in [0.1, 0.15) is 30.9 Å². The van der Waals surface area contributed by atoms with Crippen LogP contribution in [0.4, 0.5) is 0 Å². The molecular weight excluding hydrogens is 266 g/mol. The maximum Gasteiger partial charge on any atom is 0.241 e. The van der Waals surface area contributed by atoms with E-state index in [0.717, 1.165) is 12.0 Å². The number of benzene rings is 1. The predicted octanol–water partition coefficient (Wildman–Crippen LogP) is 1.16. The molecule has 0 aliphatic carbocycles. The molecule has 0 spiro atoms. The number of likely N-dealkylation sites (N-methyl/N-ethyl adjacent to an activating group) is 1. The molecule has 1 aromatic carbocycles. The zero-order chi connectivity index (χ0) is 15.2. The molecule has 1 aliphatic rings. The molecule has 0 saturated carbocycles. The van der Waals surface area contributed by atoms with Gasteiger partial charge in [-0.15, -0.1) is 0 Å². The summed E-state index contributed by atoms with van der Waals surface area (Å²) in [4.78, 5) is 27.4. The first-order valence-corrected chi connectivity index (χ1v) is 7.40. The van der Waals surface area contributed by atoms with Gasteiger partial charge < -0.3 is 15.5 Å². The second kappa shape index (κ2) is 7.22. The minimum atomic E-state index is -0.138. The molecule has 21 heavy (non-hydrogen) atoms. The molecule has 1 aromatic rings. The van der Waals surface area contributed by atoms with Crippen molar-refractivity contribution in [3.63, 3.8) is 0 Å². The summed E-state index contributed by atoms with van der Waals surface area (Å²) in [5.74, 6) is 0.0261. The topological polar surface area (TPSA) is 66.6 Å². The highest BCUT2D eigenvalue weighted by molar-refractivity contribution is 5.85. The lowest BCUT2D eigenvalue weighted by atomic mass is 10.0. The van der Waals surface area contributed by atoms with Crippen LogP contribution in [0.2, 0.25) is 0 Å². The van der Waals surface area contributed by atoms with Crippen LogP contribution in [0.3, 0.4) is 0 Å². The van der Waals surface area contributed by atoms with E-state index >= 15 is 0 Å². The number of rotatable bonds is 4. The van der Waals surface area contributed by atoms with Crippen molar-refractivity contribution in [2.24, 2.45) is 5.73 Å². The summed E-state index contributed by atoms with van der Waals surface area (Å²) in [6.45, 7) is 1.55. The fraction of sp³-hybridized carbons (Fsp3) is 0.500. The molecule has 2 amide bonds. The van der Waals surface area contributed by atoms with Gasteiger partial charge in [0.1, 0.15) is 0 Å². The lowest BCUT2D eigenvalue weighted by Crippen LogP contribution is -2.38. The number of nitrogens with two attached hydrogens (primary N) is 1. The molecule has 5 heteroatoms. The molecule has 1 unspecified atom stereocenters. The van der Waals surface area contributed by atoms with Crippen molar-refractivity contribution in [1.82, 2.24) is 9.80 Å². The summed E-state index contributed by atoms with van der Waals surface area (Å²) < 4.78 is 0. The SMILES string of the molecule is CN1CCCN(C(=O)CCC(N)c2ccccc2)CC1=O. The molecule has 0 bridgehead atoms. The predicted molar refractivity (Wildman–Crippen MR) is 81.4 cm³/mol. The normalized spacial score (nSPS) is 17.5. The minimum Gasteiger partial charge on any atom is -0.344 e. The maximum atomic E-state index is 12.2. The highest BCUT2D eigenvalue weighted by Crippen LogP contribution is 2.16. The van der Waals surface area contributed by atoms with Gasteiger partial charge in [0.05, 0.1) is 6.54 Å². The van der Waals surface area contributed by atoms with Crippen molar-refractivity contribution in [1.29, 1.82) is 0 Å². The third-order valence-corrected chi connectivity index (χ3v) is 3.92. The number of amides is 2. The van der Waals surface area contributed by atoms with Crippen LogP contribution in [-0.2, 0) is 9.59 Å². The van der Waals surface area contributed by atoms with Gasteiger partial charge in [-0.3, -0.25) is 9.59 Å². The van der Waals surface area contributed by atoms with Crippen molar-refractivity contribution in [3.8, 4) is 0 Å². The van der Waals surface area contributed by atoms with Gasteiger partial charge in [0.2, 0.25) is 11.8 Å². The van der Waals surface area contributed by atoms with Gasteiger partial charge in [0.25, 0.3) is 0 Å². The summed E-state index contributed by atoms with van der Waals surface area (Å²) in [6, 6.07) is 9.64. The van der Waals surface area contributed by atoms with E-state index in [1.165, 1.54) is 0 Å². The lowest BCUT2D eigenvalue weighted by Gasteiger charge is -2.20. The third kappa shape index (κ3) is 4.29. The number of hydrogen-bond donors (Lipinski definition) is 1. The van der Waals surface area contributed by atoms with E-state index in [0.29, 0.717) is 25.9 Å². The third-order valence-electron chi connectivity index (χ3n) is 3.92. The van der Waals surface area contributed by atoms with Crippen LogP contribution in [0.15, 0.2) is 30.3 Å². The van der Waals surface area contributed by atoms with Crippen LogP contribution in [-0.4, -0.2) is 48.3 Å². The van der Waals surface area contributed by atoms with E-state index in [1.807, 2.05) is 30.3 Å². The average molecular weight is 289 g/mol. The van der Waals surface area contributed by atoms with Gasteiger partial charge in [-0.05, 0) is 18.4 Å². The lowest BCUT2D eigenvalue weighted by molar-refractivity contribution is -0.138. The van der Waals surface area contributed by atoms with E-state index in [-0.39, 0.29) is 24.4 Å². The van der Waals surface area contributed by atoms with Crippen molar-refractivity contribution in [2.45, 2.75) is 25.3 Å². The van der Waals surface area contributed by atoms with Crippen molar-refractivity contribution >= 4 is 11.8 Å². The van der Waals surface area contributed by atoms with E-state index in [2.05, 4.69) is 0 Å².